The number of esters is 1. The normalized spacial score (nSPS) is 30.5. The Morgan fingerprint density at radius 2 is 2.27 bits per heavy atom. The molecule has 0 aromatic heterocycles. The van der Waals surface area contributed by atoms with Crippen LogP contribution in [0.2, 0.25) is 0 Å². The maximum Gasteiger partial charge on any atom is 0.326 e. The summed E-state index contributed by atoms with van der Waals surface area (Å²) in [5.74, 6) is 0.339. The summed E-state index contributed by atoms with van der Waals surface area (Å²) in [6, 6.07) is 0. The minimum Gasteiger partial charge on any atom is -0.465 e. The molecule has 0 spiro atoms. The van der Waals surface area contributed by atoms with Gasteiger partial charge in [-0.15, -0.1) is 0 Å². The molecule has 2 atom stereocenters. The molecule has 0 aliphatic heterocycles. The van der Waals surface area contributed by atoms with Crippen molar-refractivity contribution in [2.45, 2.75) is 52.0 Å². The number of carbonyl (C=O) groups excluding carboxylic acids is 1. The minimum atomic E-state index is -0.397. The lowest BCUT2D eigenvalue weighted by Crippen LogP contribution is -2.55. The van der Waals surface area contributed by atoms with Gasteiger partial charge in [0.1, 0.15) is 5.54 Å². The minimum absolute atomic E-state index is 0.0524. The smallest absolute Gasteiger partial charge is 0.326 e. The molecule has 1 rings (SSSR count). The number of hydrogen-bond acceptors (Lipinski definition) is 3. The van der Waals surface area contributed by atoms with Gasteiger partial charge in [-0.2, -0.15) is 0 Å². The maximum absolute atomic E-state index is 12.0. The van der Waals surface area contributed by atoms with Crippen LogP contribution in [0, 0.1) is 5.92 Å². The van der Waals surface area contributed by atoms with Crippen LogP contribution in [0.5, 0.6) is 0 Å². The topological polar surface area (TPSA) is 38.3 Å². The molecule has 0 bridgehead atoms. The molecular weight excluding hydrogens is 190 g/mol. The molecule has 3 nitrogen and oxygen atoms in total. The molecule has 0 saturated heterocycles. The molecule has 0 radical (unpaired) electrons. The van der Waals surface area contributed by atoms with Crippen LogP contribution in [0.1, 0.15) is 46.5 Å². The lowest BCUT2D eigenvalue weighted by Gasteiger charge is -2.32. The second-order valence-electron chi connectivity index (χ2n) is 4.41. The zero-order chi connectivity index (χ0) is 11.3. The van der Waals surface area contributed by atoms with Crippen molar-refractivity contribution < 1.29 is 9.53 Å². The number of rotatable bonds is 5. The Bertz CT molecular complexity index is 218. The predicted octanol–water partition coefficient (Wildman–Crippen LogP) is 2.11. The van der Waals surface area contributed by atoms with Crippen LogP contribution in [-0.4, -0.2) is 24.7 Å². The van der Waals surface area contributed by atoms with Gasteiger partial charge in [-0.1, -0.05) is 20.3 Å². The standard InChI is InChI=1S/C12H23NO2/c1-4-9-13-12(11(14)15-5-2)8-6-7-10(12)3/h10,13H,4-9H2,1-3H3. The quantitative estimate of drug-likeness (QED) is 0.711. The van der Waals surface area contributed by atoms with Gasteiger partial charge in [0.15, 0.2) is 0 Å². The van der Waals surface area contributed by atoms with Crippen molar-refractivity contribution in [1.82, 2.24) is 5.32 Å². The van der Waals surface area contributed by atoms with Crippen molar-refractivity contribution in [1.29, 1.82) is 0 Å². The summed E-state index contributed by atoms with van der Waals surface area (Å²) < 4.78 is 5.20. The van der Waals surface area contributed by atoms with Crippen LogP contribution in [-0.2, 0) is 9.53 Å². The highest BCUT2D eigenvalue weighted by atomic mass is 16.5. The van der Waals surface area contributed by atoms with Crippen molar-refractivity contribution in [3.63, 3.8) is 0 Å². The SMILES string of the molecule is CCCNC1(C(=O)OCC)CCCC1C. The first-order chi connectivity index (χ1) is 7.17. The van der Waals surface area contributed by atoms with E-state index in [1.807, 2.05) is 6.92 Å². The van der Waals surface area contributed by atoms with E-state index in [0.717, 1.165) is 32.2 Å². The van der Waals surface area contributed by atoms with Gasteiger partial charge in [-0.3, -0.25) is 4.79 Å². The van der Waals surface area contributed by atoms with Crippen molar-refractivity contribution in [3.05, 3.63) is 0 Å². The third-order valence-corrected chi connectivity index (χ3v) is 3.38. The Morgan fingerprint density at radius 3 is 2.73 bits per heavy atom. The highest BCUT2D eigenvalue weighted by molar-refractivity contribution is 5.81. The zero-order valence-electron chi connectivity index (χ0n) is 10.1. The fraction of sp³-hybridized carbons (Fsp3) is 0.917. The van der Waals surface area contributed by atoms with E-state index in [2.05, 4.69) is 19.2 Å². The highest BCUT2D eigenvalue weighted by Crippen LogP contribution is 2.36. The molecule has 0 amide bonds. The number of nitrogens with one attached hydrogen (secondary N) is 1. The van der Waals surface area contributed by atoms with Crippen LogP contribution in [0.4, 0.5) is 0 Å². The lowest BCUT2D eigenvalue weighted by atomic mass is 9.88. The van der Waals surface area contributed by atoms with Crippen molar-refractivity contribution >= 4 is 5.97 Å². The van der Waals surface area contributed by atoms with E-state index >= 15 is 0 Å². The highest BCUT2D eigenvalue weighted by Gasteiger charge is 2.47. The fourth-order valence-corrected chi connectivity index (χ4v) is 2.43. The summed E-state index contributed by atoms with van der Waals surface area (Å²) in [6.45, 7) is 7.49. The summed E-state index contributed by atoms with van der Waals surface area (Å²) in [4.78, 5) is 12.0. The van der Waals surface area contributed by atoms with E-state index in [0.29, 0.717) is 12.5 Å². The van der Waals surface area contributed by atoms with Gasteiger partial charge in [0.05, 0.1) is 6.61 Å². The molecule has 1 saturated carbocycles. The monoisotopic (exact) mass is 213 g/mol. The Balaban J connectivity index is 2.71. The molecular formula is C12H23NO2. The molecule has 0 aromatic carbocycles. The van der Waals surface area contributed by atoms with Crippen LogP contribution in [0.15, 0.2) is 0 Å². The summed E-state index contributed by atoms with van der Waals surface area (Å²) >= 11 is 0. The van der Waals surface area contributed by atoms with Crippen LogP contribution < -0.4 is 5.32 Å². The van der Waals surface area contributed by atoms with E-state index in [-0.39, 0.29) is 5.97 Å². The zero-order valence-corrected chi connectivity index (χ0v) is 10.1. The molecule has 88 valence electrons. The van der Waals surface area contributed by atoms with E-state index in [4.69, 9.17) is 4.74 Å². The van der Waals surface area contributed by atoms with Gasteiger partial charge in [-0.05, 0) is 38.6 Å². The average molecular weight is 213 g/mol. The van der Waals surface area contributed by atoms with Gasteiger partial charge in [0, 0.05) is 0 Å². The van der Waals surface area contributed by atoms with Gasteiger partial charge >= 0.3 is 5.97 Å². The fourth-order valence-electron chi connectivity index (χ4n) is 2.43. The summed E-state index contributed by atoms with van der Waals surface area (Å²) in [5.41, 5.74) is -0.397. The molecule has 3 heteroatoms. The van der Waals surface area contributed by atoms with Crippen molar-refractivity contribution in [2.75, 3.05) is 13.2 Å². The molecule has 0 aromatic rings. The Hall–Kier alpha value is -0.570. The second kappa shape index (κ2) is 5.50. The largest absolute Gasteiger partial charge is 0.465 e. The third-order valence-electron chi connectivity index (χ3n) is 3.38. The number of carbonyl (C=O) groups is 1. The van der Waals surface area contributed by atoms with Gasteiger partial charge in [-0.25, -0.2) is 0 Å². The van der Waals surface area contributed by atoms with E-state index in [9.17, 15) is 4.79 Å². The van der Waals surface area contributed by atoms with Crippen molar-refractivity contribution in [2.24, 2.45) is 5.92 Å². The molecule has 2 unspecified atom stereocenters. The second-order valence-corrected chi connectivity index (χ2v) is 4.41. The molecule has 1 fully saturated rings. The first-order valence-corrected chi connectivity index (χ1v) is 6.09. The van der Waals surface area contributed by atoms with Crippen LogP contribution in [0.25, 0.3) is 0 Å². The molecule has 15 heavy (non-hydrogen) atoms. The molecule has 0 heterocycles. The van der Waals surface area contributed by atoms with Crippen LogP contribution >= 0.6 is 0 Å². The number of hydrogen-bond donors (Lipinski definition) is 1. The Morgan fingerprint density at radius 1 is 1.53 bits per heavy atom. The predicted molar refractivity (Wildman–Crippen MR) is 60.7 cm³/mol. The Kier molecular flexibility index (Phi) is 4.58. The third kappa shape index (κ3) is 2.51. The average Bonchev–Trinajstić information content (AvgIpc) is 2.58. The molecule has 1 N–H and O–H groups in total. The lowest BCUT2D eigenvalue weighted by molar-refractivity contribution is -0.152. The first-order valence-electron chi connectivity index (χ1n) is 6.09. The van der Waals surface area contributed by atoms with Crippen molar-refractivity contribution in [3.8, 4) is 0 Å². The van der Waals surface area contributed by atoms with Gasteiger partial charge < -0.3 is 10.1 Å². The summed E-state index contributed by atoms with van der Waals surface area (Å²) in [5, 5.41) is 3.40. The molecule has 1 aliphatic carbocycles. The summed E-state index contributed by atoms with van der Waals surface area (Å²) in [7, 11) is 0. The maximum atomic E-state index is 12.0. The Labute approximate surface area is 92.6 Å². The van der Waals surface area contributed by atoms with E-state index < -0.39 is 5.54 Å². The van der Waals surface area contributed by atoms with Gasteiger partial charge in [0.2, 0.25) is 0 Å². The van der Waals surface area contributed by atoms with E-state index in [1.165, 1.54) is 0 Å². The number of ether oxygens (including phenoxy) is 1. The first kappa shape index (κ1) is 12.5. The van der Waals surface area contributed by atoms with Gasteiger partial charge in [0.25, 0.3) is 0 Å². The van der Waals surface area contributed by atoms with E-state index in [1.54, 1.807) is 0 Å². The summed E-state index contributed by atoms with van der Waals surface area (Å²) in [6.07, 6.45) is 4.22. The molecule has 1 aliphatic rings. The van der Waals surface area contributed by atoms with Crippen LogP contribution in [0.3, 0.4) is 0 Å².